The molecule has 0 saturated carbocycles. The quantitative estimate of drug-likeness (QED) is 0.554. The van der Waals surface area contributed by atoms with E-state index in [9.17, 15) is 0 Å². The van der Waals surface area contributed by atoms with Gasteiger partial charge in [-0.2, -0.15) is 0 Å². The van der Waals surface area contributed by atoms with Gasteiger partial charge in [0.2, 0.25) is 0 Å². The second kappa shape index (κ2) is 3.27. The molecule has 0 unspecified atom stereocenters. The van der Waals surface area contributed by atoms with Crippen molar-refractivity contribution in [3.63, 3.8) is 0 Å². The number of amidine groups is 1. The Kier molecular flexibility index (Phi) is 2.09. The summed E-state index contributed by atoms with van der Waals surface area (Å²) in [5, 5.41) is 9.77. The van der Waals surface area contributed by atoms with Gasteiger partial charge in [0.25, 0.3) is 0 Å². The highest BCUT2D eigenvalue weighted by Gasteiger charge is 2.04. The SMILES string of the molecule is N=C(N)c1nccc2ccc(Cl)cc12. The van der Waals surface area contributed by atoms with Gasteiger partial charge in [0.15, 0.2) is 0 Å². The summed E-state index contributed by atoms with van der Waals surface area (Å²) in [6.07, 6.45) is 1.63. The molecule has 4 heteroatoms. The summed E-state index contributed by atoms with van der Waals surface area (Å²) in [7, 11) is 0. The van der Waals surface area contributed by atoms with Gasteiger partial charge in [0, 0.05) is 16.6 Å². The third-order valence-electron chi connectivity index (χ3n) is 1.98. The van der Waals surface area contributed by atoms with E-state index in [4.69, 9.17) is 22.7 Å². The largest absolute Gasteiger partial charge is 0.382 e. The molecule has 3 nitrogen and oxygen atoms in total. The number of halogens is 1. The molecular weight excluding hydrogens is 198 g/mol. The van der Waals surface area contributed by atoms with Crippen LogP contribution in [0.4, 0.5) is 0 Å². The monoisotopic (exact) mass is 205 g/mol. The predicted molar refractivity (Wildman–Crippen MR) is 57.8 cm³/mol. The van der Waals surface area contributed by atoms with Gasteiger partial charge in [-0.25, -0.2) is 0 Å². The zero-order chi connectivity index (χ0) is 10.1. The summed E-state index contributed by atoms with van der Waals surface area (Å²) in [6.45, 7) is 0. The van der Waals surface area contributed by atoms with Gasteiger partial charge in [0.1, 0.15) is 11.5 Å². The first-order valence-electron chi connectivity index (χ1n) is 4.07. The van der Waals surface area contributed by atoms with Gasteiger partial charge in [-0.15, -0.1) is 0 Å². The number of hydrogen-bond donors (Lipinski definition) is 2. The van der Waals surface area contributed by atoms with Crippen molar-refractivity contribution in [1.29, 1.82) is 5.41 Å². The number of nitrogen functional groups attached to an aromatic ring is 1. The zero-order valence-electron chi connectivity index (χ0n) is 7.29. The first kappa shape index (κ1) is 8.97. The maximum absolute atomic E-state index is 7.36. The van der Waals surface area contributed by atoms with Crippen molar-refractivity contribution in [2.24, 2.45) is 5.73 Å². The van der Waals surface area contributed by atoms with Crippen LogP contribution in [-0.2, 0) is 0 Å². The van der Waals surface area contributed by atoms with Gasteiger partial charge in [-0.3, -0.25) is 10.4 Å². The average molecular weight is 206 g/mol. The highest BCUT2D eigenvalue weighted by Crippen LogP contribution is 2.20. The number of pyridine rings is 1. The van der Waals surface area contributed by atoms with Crippen LogP contribution in [0.2, 0.25) is 5.02 Å². The van der Waals surface area contributed by atoms with E-state index in [0.717, 1.165) is 10.8 Å². The number of aromatic nitrogens is 1. The Morgan fingerprint density at radius 2 is 2.14 bits per heavy atom. The molecule has 1 heterocycles. The van der Waals surface area contributed by atoms with Crippen LogP contribution in [0.25, 0.3) is 10.8 Å². The molecule has 0 aliphatic heterocycles. The zero-order valence-corrected chi connectivity index (χ0v) is 8.05. The fourth-order valence-corrected chi connectivity index (χ4v) is 1.53. The highest BCUT2D eigenvalue weighted by atomic mass is 35.5. The van der Waals surface area contributed by atoms with Gasteiger partial charge in [-0.05, 0) is 23.6 Å². The molecule has 14 heavy (non-hydrogen) atoms. The molecule has 0 bridgehead atoms. The molecule has 1 aromatic carbocycles. The lowest BCUT2D eigenvalue weighted by Gasteiger charge is -2.03. The Bertz CT molecular complexity index is 508. The molecule has 3 N–H and O–H groups in total. The summed E-state index contributed by atoms with van der Waals surface area (Å²) >= 11 is 5.86. The molecule has 2 rings (SSSR count). The van der Waals surface area contributed by atoms with Crippen molar-refractivity contribution in [3.8, 4) is 0 Å². The smallest absolute Gasteiger partial charge is 0.142 e. The number of nitrogens with one attached hydrogen (secondary N) is 1. The molecule has 1 aromatic heterocycles. The maximum atomic E-state index is 7.36. The van der Waals surface area contributed by atoms with E-state index >= 15 is 0 Å². The molecule has 0 radical (unpaired) electrons. The normalized spacial score (nSPS) is 10.4. The maximum Gasteiger partial charge on any atom is 0.142 e. The molecule has 0 saturated heterocycles. The lowest BCUT2D eigenvalue weighted by atomic mass is 10.1. The van der Waals surface area contributed by atoms with Crippen molar-refractivity contribution in [2.45, 2.75) is 0 Å². The second-order valence-corrected chi connectivity index (χ2v) is 3.38. The summed E-state index contributed by atoms with van der Waals surface area (Å²) in [6, 6.07) is 7.30. The lowest BCUT2D eigenvalue weighted by Crippen LogP contribution is -2.13. The summed E-state index contributed by atoms with van der Waals surface area (Å²) in [5.41, 5.74) is 5.88. The molecule has 2 aromatic rings. The Hall–Kier alpha value is -1.61. The molecule has 0 aliphatic carbocycles. The first-order valence-corrected chi connectivity index (χ1v) is 4.45. The number of fused-ring (bicyclic) bond motifs is 1. The van der Waals surface area contributed by atoms with E-state index in [1.807, 2.05) is 12.1 Å². The van der Waals surface area contributed by atoms with Gasteiger partial charge in [-0.1, -0.05) is 17.7 Å². The molecular formula is C10H8ClN3. The van der Waals surface area contributed by atoms with Crippen molar-refractivity contribution < 1.29 is 0 Å². The van der Waals surface area contributed by atoms with E-state index in [0.29, 0.717) is 10.7 Å². The number of rotatable bonds is 1. The summed E-state index contributed by atoms with van der Waals surface area (Å²) < 4.78 is 0. The van der Waals surface area contributed by atoms with E-state index in [2.05, 4.69) is 4.98 Å². The van der Waals surface area contributed by atoms with E-state index in [1.54, 1.807) is 18.3 Å². The number of hydrogen-bond acceptors (Lipinski definition) is 2. The number of nitrogens with two attached hydrogens (primary N) is 1. The minimum atomic E-state index is -0.0436. The molecule has 0 atom stereocenters. The molecule has 0 fully saturated rings. The Morgan fingerprint density at radius 3 is 2.86 bits per heavy atom. The van der Waals surface area contributed by atoms with E-state index in [-0.39, 0.29) is 5.84 Å². The fraction of sp³-hybridized carbons (Fsp3) is 0. The Morgan fingerprint density at radius 1 is 1.36 bits per heavy atom. The minimum absolute atomic E-state index is 0.0436. The topological polar surface area (TPSA) is 62.8 Å². The highest BCUT2D eigenvalue weighted by molar-refractivity contribution is 6.31. The van der Waals surface area contributed by atoms with Crippen LogP contribution in [0.15, 0.2) is 30.5 Å². The van der Waals surface area contributed by atoms with Crippen LogP contribution < -0.4 is 5.73 Å². The predicted octanol–water partition coefficient (Wildman–Crippen LogP) is 2.17. The van der Waals surface area contributed by atoms with Crippen LogP contribution in [-0.4, -0.2) is 10.8 Å². The molecule has 70 valence electrons. The van der Waals surface area contributed by atoms with Crippen LogP contribution >= 0.6 is 11.6 Å². The van der Waals surface area contributed by atoms with Crippen molar-refractivity contribution in [3.05, 3.63) is 41.2 Å². The molecule has 0 amide bonds. The first-order chi connectivity index (χ1) is 6.68. The van der Waals surface area contributed by atoms with Gasteiger partial charge >= 0.3 is 0 Å². The van der Waals surface area contributed by atoms with Crippen molar-refractivity contribution in [2.75, 3.05) is 0 Å². The Balaban J connectivity index is 2.84. The van der Waals surface area contributed by atoms with Crippen LogP contribution in [0.5, 0.6) is 0 Å². The molecule has 0 spiro atoms. The summed E-state index contributed by atoms with van der Waals surface area (Å²) in [4.78, 5) is 4.04. The van der Waals surface area contributed by atoms with Crippen LogP contribution in [0.1, 0.15) is 5.69 Å². The Labute approximate surface area is 86.0 Å². The van der Waals surface area contributed by atoms with Crippen molar-refractivity contribution >= 4 is 28.2 Å². The van der Waals surface area contributed by atoms with Crippen molar-refractivity contribution in [1.82, 2.24) is 4.98 Å². The van der Waals surface area contributed by atoms with Gasteiger partial charge < -0.3 is 5.73 Å². The standard InChI is InChI=1S/C10H8ClN3/c11-7-2-1-6-3-4-14-9(10(12)13)8(6)5-7/h1-5H,(H3,12,13). The number of benzene rings is 1. The van der Waals surface area contributed by atoms with Gasteiger partial charge in [0.05, 0.1) is 0 Å². The average Bonchev–Trinajstić information content (AvgIpc) is 2.16. The summed E-state index contributed by atoms with van der Waals surface area (Å²) in [5.74, 6) is -0.0436. The van der Waals surface area contributed by atoms with E-state index < -0.39 is 0 Å². The molecule has 0 aliphatic rings. The van der Waals surface area contributed by atoms with E-state index in [1.165, 1.54) is 0 Å². The van der Waals surface area contributed by atoms with Crippen LogP contribution in [0, 0.1) is 5.41 Å². The second-order valence-electron chi connectivity index (χ2n) is 2.94. The third-order valence-corrected chi connectivity index (χ3v) is 2.22. The van der Waals surface area contributed by atoms with Crippen LogP contribution in [0.3, 0.4) is 0 Å². The fourth-order valence-electron chi connectivity index (χ4n) is 1.36. The number of nitrogens with zero attached hydrogens (tertiary/aromatic N) is 1. The minimum Gasteiger partial charge on any atom is -0.382 e. The third kappa shape index (κ3) is 1.42. The lowest BCUT2D eigenvalue weighted by molar-refractivity contribution is 1.28.